The summed E-state index contributed by atoms with van der Waals surface area (Å²) < 4.78 is 0. The number of aryl methyl sites for hydroxylation is 1. The Balaban J connectivity index is 2.23. The topological polar surface area (TPSA) is 36.1 Å². The molecule has 2 aromatic carbocycles. The zero-order valence-electron chi connectivity index (χ0n) is 9.59. The number of aliphatic imine (C=N–C) groups is 1. The second-order valence-corrected chi connectivity index (χ2v) is 3.83. The van der Waals surface area contributed by atoms with Crippen LogP contribution in [0.2, 0.25) is 0 Å². The molecule has 0 fully saturated rings. The van der Waals surface area contributed by atoms with Crippen LogP contribution >= 0.6 is 0 Å². The third-order valence-electron chi connectivity index (χ3n) is 2.38. The second-order valence-electron chi connectivity index (χ2n) is 3.83. The molecule has 2 aromatic rings. The Labute approximate surface area is 101 Å². The average molecular weight is 220 g/mol. The number of benzene rings is 2. The Morgan fingerprint density at radius 2 is 1.94 bits per heavy atom. The molecule has 0 N–H and O–H groups in total. The first kappa shape index (κ1) is 11.1. The van der Waals surface area contributed by atoms with Gasteiger partial charge in [0.1, 0.15) is 0 Å². The lowest BCUT2D eigenvalue weighted by molar-refractivity contribution is 1.43. The number of nitrogens with zero attached hydrogens (tertiary/aromatic N) is 2. The van der Waals surface area contributed by atoms with E-state index in [9.17, 15) is 0 Å². The summed E-state index contributed by atoms with van der Waals surface area (Å²) in [6, 6.07) is 17.5. The predicted molar refractivity (Wildman–Crippen MR) is 69.6 cm³/mol. The van der Waals surface area contributed by atoms with Crippen LogP contribution in [0, 0.1) is 18.3 Å². The summed E-state index contributed by atoms with van der Waals surface area (Å²) in [5.41, 5.74) is 3.70. The number of nitriles is 1. The summed E-state index contributed by atoms with van der Waals surface area (Å²) in [4.78, 5) is 4.38. The van der Waals surface area contributed by atoms with E-state index >= 15 is 0 Å². The van der Waals surface area contributed by atoms with Crippen LogP contribution in [0.5, 0.6) is 0 Å². The van der Waals surface area contributed by atoms with Crippen LogP contribution in [0.4, 0.5) is 5.69 Å². The van der Waals surface area contributed by atoms with Crippen molar-refractivity contribution in [2.24, 2.45) is 4.99 Å². The van der Waals surface area contributed by atoms with Gasteiger partial charge >= 0.3 is 0 Å². The van der Waals surface area contributed by atoms with Crippen LogP contribution in [0.15, 0.2) is 53.5 Å². The molecule has 0 aromatic heterocycles. The molecule has 0 aliphatic carbocycles. The monoisotopic (exact) mass is 220 g/mol. The Hall–Kier alpha value is -2.40. The van der Waals surface area contributed by atoms with Crippen LogP contribution in [-0.4, -0.2) is 6.21 Å². The average Bonchev–Trinajstić information content (AvgIpc) is 2.37. The maximum Gasteiger partial charge on any atom is 0.0991 e. The molecule has 0 spiro atoms. The van der Waals surface area contributed by atoms with Crippen molar-refractivity contribution in [2.45, 2.75) is 6.92 Å². The molecule has 2 rings (SSSR count). The summed E-state index contributed by atoms with van der Waals surface area (Å²) in [5, 5.41) is 8.79. The Bertz CT molecular complexity index is 592. The molecule has 0 amide bonds. The molecule has 0 aliphatic rings. The van der Waals surface area contributed by atoms with E-state index in [0.717, 1.165) is 11.3 Å². The minimum atomic E-state index is 0.651. The highest BCUT2D eigenvalue weighted by Gasteiger charge is 1.92. The van der Waals surface area contributed by atoms with Crippen LogP contribution < -0.4 is 0 Å². The molecule has 2 heteroatoms. The van der Waals surface area contributed by atoms with Crippen molar-refractivity contribution >= 4 is 11.9 Å². The summed E-state index contributed by atoms with van der Waals surface area (Å²) >= 11 is 0. The first-order valence-corrected chi connectivity index (χ1v) is 5.39. The third kappa shape index (κ3) is 3.02. The lowest BCUT2D eigenvalue weighted by atomic mass is 10.1. The molecule has 0 saturated heterocycles. The second kappa shape index (κ2) is 5.09. The van der Waals surface area contributed by atoms with Gasteiger partial charge in [0.2, 0.25) is 0 Å². The van der Waals surface area contributed by atoms with Crippen LogP contribution in [-0.2, 0) is 0 Å². The molecule has 0 unspecified atom stereocenters. The molecule has 0 aliphatic heterocycles. The maximum absolute atomic E-state index is 8.79. The Morgan fingerprint density at radius 1 is 1.12 bits per heavy atom. The fourth-order valence-electron chi connectivity index (χ4n) is 1.55. The van der Waals surface area contributed by atoms with Gasteiger partial charge in [-0.2, -0.15) is 5.26 Å². The highest BCUT2D eigenvalue weighted by molar-refractivity contribution is 5.82. The zero-order chi connectivity index (χ0) is 12.1. The highest BCUT2D eigenvalue weighted by Crippen LogP contribution is 2.13. The Morgan fingerprint density at radius 3 is 2.71 bits per heavy atom. The maximum atomic E-state index is 8.79. The van der Waals surface area contributed by atoms with Gasteiger partial charge in [-0.3, -0.25) is 4.99 Å². The van der Waals surface area contributed by atoms with Crippen molar-refractivity contribution in [3.8, 4) is 6.07 Å². The van der Waals surface area contributed by atoms with Gasteiger partial charge in [-0.05, 0) is 42.3 Å². The number of rotatable bonds is 2. The third-order valence-corrected chi connectivity index (χ3v) is 2.38. The van der Waals surface area contributed by atoms with Gasteiger partial charge in [0.15, 0.2) is 0 Å². The van der Waals surface area contributed by atoms with Crippen LogP contribution in [0.3, 0.4) is 0 Å². The van der Waals surface area contributed by atoms with Crippen LogP contribution in [0.1, 0.15) is 16.7 Å². The van der Waals surface area contributed by atoms with E-state index in [0.29, 0.717) is 5.56 Å². The number of hydrogen-bond donors (Lipinski definition) is 0. The standard InChI is InChI=1S/C15H12N2/c1-12-4-2-7-15(8-12)17-11-14-6-3-5-13(9-14)10-16/h2-9,11H,1H3/b17-11+. The van der Waals surface area contributed by atoms with Gasteiger partial charge in [-0.1, -0.05) is 24.3 Å². The molecule has 82 valence electrons. The molecule has 0 radical (unpaired) electrons. The van der Waals surface area contributed by atoms with Crippen molar-refractivity contribution in [1.82, 2.24) is 0 Å². The first-order chi connectivity index (χ1) is 8.28. The van der Waals surface area contributed by atoms with E-state index in [-0.39, 0.29) is 0 Å². The molecule has 0 atom stereocenters. The predicted octanol–water partition coefficient (Wildman–Crippen LogP) is 3.62. The molecule has 0 saturated carbocycles. The van der Waals surface area contributed by atoms with Gasteiger partial charge in [0.05, 0.1) is 17.3 Å². The van der Waals surface area contributed by atoms with E-state index in [1.807, 2.05) is 49.4 Å². The van der Waals surface area contributed by atoms with Crippen molar-refractivity contribution < 1.29 is 0 Å². The van der Waals surface area contributed by atoms with Crippen LogP contribution in [0.25, 0.3) is 0 Å². The van der Waals surface area contributed by atoms with Crippen molar-refractivity contribution in [3.63, 3.8) is 0 Å². The molecule has 0 bridgehead atoms. The quantitative estimate of drug-likeness (QED) is 0.712. The van der Waals surface area contributed by atoms with E-state index in [4.69, 9.17) is 5.26 Å². The highest BCUT2D eigenvalue weighted by atomic mass is 14.7. The SMILES string of the molecule is Cc1cccc(/N=C/c2cccc(C#N)c2)c1. The zero-order valence-corrected chi connectivity index (χ0v) is 9.59. The summed E-state index contributed by atoms with van der Waals surface area (Å²) in [6.07, 6.45) is 1.77. The lowest BCUT2D eigenvalue weighted by Gasteiger charge is -1.96. The van der Waals surface area contributed by atoms with Gasteiger partial charge in [-0.25, -0.2) is 0 Å². The van der Waals surface area contributed by atoms with Gasteiger partial charge in [0.25, 0.3) is 0 Å². The molecule has 0 heterocycles. The summed E-state index contributed by atoms with van der Waals surface area (Å²) in [7, 11) is 0. The molecule has 17 heavy (non-hydrogen) atoms. The van der Waals surface area contributed by atoms with E-state index in [2.05, 4.69) is 11.1 Å². The van der Waals surface area contributed by atoms with Crippen molar-refractivity contribution in [1.29, 1.82) is 5.26 Å². The molecular formula is C15H12N2. The van der Waals surface area contributed by atoms with Gasteiger partial charge in [-0.15, -0.1) is 0 Å². The normalized spacial score (nSPS) is 10.4. The van der Waals surface area contributed by atoms with E-state index in [1.54, 1.807) is 12.3 Å². The fraction of sp³-hybridized carbons (Fsp3) is 0.0667. The van der Waals surface area contributed by atoms with Gasteiger partial charge < -0.3 is 0 Å². The van der Waals surface area contributed by atoms with Crippen molar-refractivity contribution in [3.05, 3.63) is 65.2 Å². The minimum absolute atomic E-state index is 0.651. The Kier molecular flexibility index (Phi) is 3.32. The summed E-state index contributed by atoms with van der Waals surface area (Å²) in [6.45, 7) is 2.04. The largest absolute Gasteiger partial charge is 0.256 e. The van der Waals surface area contributed by atoms with E-state index in [1.165, 1.54) is 5.56 Å². The molecular weight excluding hydrogens is 208 g/mol. The smallest absolute Gasteiger partial charge is 0.0991 e. The summed E-state index contributed by atoms with van der Waals surface area (Å²) in [5.74, 6) is 0. The fourth-order valence-corrected chi connectivity index (χ4v) is 1.55. The van der Waals surface area contributed by atoms with Crippen molar-refractivity contribution in [2.75, 3.05) is 0 Å². The minimum Gasteiger partial charge on any atom is -0.256 e. The first-order valence-electron chi connectivity index (χ1n) is 5.39. The van der Waals surface area contributed by atoms with E-state index < -0.39 is 0 Å². The van der Waals surface area contributed by atoms with Gasteiger partial charge in [0, 0.05) is 6.21 Å². The molecule has 2 nitrogen and oxygen atoms in total. The lowest BCUT2D eigenvalue weighted by Crippen LogP contribution is -1.82. The number of hydrogen-bond acceptors (Lipinski definition) is 2.